The number of halogens is 1. The molecule has 8 heteroatoms. The van der Waals surface area contributed by atoms with Crippen LogP contribution in [-0.2, 0) is 17.7 Å². The van der Waals surface area contributed by atoms with Crippen molar-refractivity contribution in [2.75, 3.05) is 73.7 Å². The highest BCUT2D eigenvalue weighted by Gasteiger charge is 2.31. The summed E-state index contributed by atoms with van der Waals surface area (Å²) in [5.74, 6) is 1.86. The predicted octanol–water partition coefficient (Wildman–Crippen LogP) is 3.57. The summed E-state index contributed by atoms with van der Waals surface area (Å²) >= 11 is 6.67. The second-order valence-electron chi connectivity index (χ2n) is 9.33. The Kier molecular flexibility index (Phi) is 6.11. The lowest BCUT2D eigenvalue weighted by molar-refractivity contribution is 0.122. The Hall–Kier alpha value is -3.05. The molecule has 0 radical (unpaired) electrons. The molecule has 0 saturated carbocycles. The van der Waals surface area contributed by atoms with Gasteiger partial charge in [-0.1, -0.05) is 35.9 Å². The van der Waals surface area contributed by atoms with Crippen LogP contribution in [-0.4, -0.2) is 64.0 Å². The van der Waals surface area contributed by atoms with E-state index in [-0.39, 0.29) is 0 Å². The molecule has 0 bridgehead atoms. The Morgan fingerprint density at radius 3 is 2.40 bits per heavy atom. The molecule has 3 aromatic rings. The number of nitriles is 1. The monoisotopic (exact) mass is 488 g/mol. The van der Waals surface area contributed by atoms with E-state index in [0.29, 0.717) is 25.3 Å². The van der Waals surface area contributed by atoms with Gasteiger partial charge in [0.25, 0.3) is 0 Å². The number of rotatable bonds is 3. The summed E-state index contributed by atoms with van der Waals surface area (Å²) in [6.45, 7) is 8.11. The minimum absolute atomic E-state index is 0.660. The standard InChI is InChI=1S/C27H29ClN6O/c28-23-5-1-3-19-4-2-6-24(25(19)23)34-10-7-20-22(18-34)21(17-29)27(33-13-15-35-16-14-33)31-26(20)32-11-8-30-9-12-32/h1-6,30H,7-16,18H2. The van der Waals surface area contributed by atoms with Gasteiger partial charge in [-0.2, -0.15) is 5.26 Å². The highest BCUT2D eigenvalue weighted by molar-refractivity contribution is 6.36. The van der Waals surface area contributed by atoms with Crippen LogP contribution in [0.5, 0.6) is 0 Å². The zero-order chi connectivity index (χ0) is 23.8. The van der Waals surface area contributed by atoms with Crippen molar-refractivity contribution in [3.63, 3.8) is 0 Å². The van der Waals surface area contributed by atoms with Crippen LogP contribution in [0, 0.1) is 11.3 Å². The fourth-order valence-corrected chi connectivity index (χ4v) is 5.88. The second kappa shape index (κ2) is 9.54. The maximum absolute atomic E-state index is 10.4. The van der Waals surface area contributed by atoms with Crippen LogP contribution in [0.25, 0.3) is 10.8 Å². The van der Waals surface area contributed by atoms with Crippen molar-refractivity contribution >= 4 is 39.7 Å². The number of anilines is 3. The SMILES string of the molecule is N#Cc1c(N2CCOCC2)nc(N2CCNCC2)c2c1CN(c1cccc3cccc(Cl)c13)CC2. The number of ether oxygens (including phenoxy) is 1. The molecule has 2 fully saturated rings. The normalized spacial score (nSPS) is 18.5. The second-order valence-corrected chi connectivity index (χ2v) is 9.73. The molecule has 1 aromatic heterocycles. The summed E-state index contributed by atoms with van der Waals surface area (Å²) in [6.07, 6.45) is 0.848. The van der Waals surface area contributed by atoms with Gasteiger partial charge < -0.3 is 24.8 Å². The first-order chi connectivity index (χ1) is 17.2. The van der Waals surface area contributed by atoms with Crippen LogP contribution < -0.4 is 20.0 Å². The van der Waals surface area contributed by atoms with E-state index < -0.39 is 0 Å². The molecule has 2 saturated heterocycles. The van der Waals surface area contributed by atoms with Crippen molar-refractivity contribution in [1.82, 2.24) is 10.3 Å². The number of pyridine rings is 1. The van der Waals surface area contributed by atoms with Crippen molar-refractivity contribution in [1.29, 1.82) is 5.26 Å². The topological polar surface area (TPSA) is 67.7 Å². The van der Waals surface area contributed by atoms with Crippen LogP contribution >= 0.6 is 11.6 Å². The molecule has 3 aliphatic rings. The van der Waals surface area contributed by atoms with Crippen LogP contribution in [0.2, 0.25) is 5.02 Å². The van der Waals surface area contributed by atoms with Gasteiger partial charge in [-0.15, -0.1) is 0 Å². The third-order valence-electron chi connectivity index (χ3n) is 7.36. The Morgan fingerprint density at radius 1 is 0.886 bits per heavy atom. The van der Waals surface area contributed by atoms with Crippen LogP contribution in [0.1, 0.15) is 16.7 Å². The molecule has 35 heavy (non-hydrogen) atoms. The predicted molar refractivity (Wildman–Crippen MR) is 141 cm³/mol. The summed E-state index contributed by atoms with van der Waals surface area (Å²) in [6, 6.07) is 14.9. The number of nitrogens with one attached hydrogen (secondary N) is 1. The summed E-state index contributed by atoms with van der Waals surface area (Å²) < 4.78 is 5.59. The van der Waals surface area contributed by atoms with E-state index in [4.69, 9.17) is 21.3 Å². The molecule has 0 amide bonds. The van der Waals surface area contributed by atoms with Crippen molar-refractivity contribution in [2.45, 2.75) is 13.0 Å². The molecule has 4 heterocycles. The van der Waals surface area contributed by atoms with Gasteiger partial charge in [0.2, 0.25) is 0 Å². The molecule has 2 aromatic carbocycles. The quantitative estimate of drug-likeness (QED) is 0.604. The van der Waals surface area contributed by atoms with Crippen LogP contribution in [0.3, 0.4) is 0 Å². The average Bonchev–Trinajstić information content (AvgIpc) is 2.92. The van der Waals surface area contributed by atoms with Gasteiger partial charge in [-0.25, -0.2) is 4.98 Å². The lowest BCUT2D eigenvalue weighted by Gasteiger charge is -2.38. The summed E-state index contributed by atoms with van der Waals surface area (Å²) in [7, 11) is 0. The first-order valence-electron chi connectivity index (χ1n) is 12.4. The van der Waals surface area contributed by atoms with E-state index in [9.17, 15) is 5.26 Å². The zero-order valence-corrected chi connectivity index (χ0v) is 20.5. The minimum atomic E-state index is 0.660. The van der Waals surface area contributed by atoms with Crippen molar-refractivity contribution in [3.05, 3.63) is 58.1 Å². The zero-order valence-electron chi connectivity index (χ0n) is 19.8. The molecular formula is C27H29ClN6O. The highest BCUT2D eigenvalue weighted by Crippen LogP contribution is 2.39. The summed E-state index contributed by atoms with van der Waals surface area (Å²) in [4.78, 5) is 12.2. The number of aromatic nitrogens is 1. The Morgan fingerprint density at radius 2 is 1.63 bits per heavy atom. The number of benzene rings is 2. The molecular weight excluding hydrogens is 460 g/mol. The van der Waals surface area contributed by atoms with Crippen molar-refractivity contribution in [3.8, 4) is 6.07 Å². The molecule has 7 nitrogen and oxygen atoms in total. The third kappa shape index (κ3) is 4.06. The first kappa shape index (κ1) is 22.4. The lowest BCUT2D eigenvalue weighted by atomic mass is 9.94. The van der Waals surface area contributed by atoms with Gasteiger partial charge in [0.1, 0.15) is 17.7 Å². The fraction of sp³-hybridized carbons (Fsp3) is 0.407. The number of piperazine rings is 1. The summed E-state index contributed by atoms with van der Waals surface area (Å²) in [5.41, 5.74) is 4.16. The van der Waals surface area contributed by atoms with Gasteiger partial charge in [0, 0.05) is 69.0 Å². The highest BCUT2D eigenvalue weighted by atomic mass is 35.5. The third-order valence-corrected chi connectivity index (χ3v) is 7.68. The van der Waals surface area contributed by atoms with Crippen molar-refractivity contribution in [2.24, 2.45) is 0 Å². The summed E-state index contributed by atoms with van der Waals surface area (Å²) in [5, 5.41) is 16.8. The van der Waals surface area contributed by atoms with Crippen LogP contribution in [0.15, 0.2) is 36.4 Å². The number of hydrogen-bond acceptors (Lipinski definition) is 7. The number of fused-ring (bicyclic) bond motifs is 2. The maximum Gasteiger partial charge on any atom is 0.149 e. The van der Waals surface area contributed by atoms with Gasteiger partial charge in [0.05, 0.1) is 23.8 Å². The lowest BCUT2D eigenvalue weighted by Crippen LogP contribution is -2.45. The van der Waals surface area contributed by atoms with Crippen LogP contribution in [0.4, 0.5) is 17.3 Å². The van der Waals surface area contributed by atoms with E-state index in [1.807, 2.05) is 12.1 Å². The molecule has 0 unspecified atom stereocenters. The fourth-order valence-electron chi connectivity index (χ4n) is 5.60. The van der Waals surface area contributed by atoms with Gasteiger partial charge >= 0.3 is 0 Å². The van der Waals surface area contributed by atoms with E-state index in [2.05, 4.69) is 50.4 Å². The Balaban J connectivity index is 1.48. The van der Waals surface area contributed by atoms with E-state index in [0.717, 1.165) is 90.9 Å². The maximum atomic E-state index is 10.4. The van der Waals surface area contributed by atoms with Crippen molar-refractivity contribution < 1.29 is 4.74 Å². The largest absolute Gasteiger partial charge is 0.378 e. The molecule has 0 atom stereocenters. The van der Waals surface area contributed by atoms with Gasteiger partial charge in [0.15, 0.2) is 0 Å². The molecule has 3 aliphatic heterocycles. The van der Waals surface area contributed by atoms with Gasteiger partial charge in [-0.05, 0) is 29.5 Å². The average molecular weight is 489 g/mol. The Bertz CT molecular complexity index is 1290. The number of morpholine rings is 1. The minimum Gasteiger partial charge on any atom is -0.378 e. The molecule has 6 rings (SSSR count). The molecule has 180 valence electrons. The first-order valence-corrected chi connectivity index (χ1v) is 12.8. The van der Waals surface area contributed by atoms with Gasteiger partial charge in [-0.3, -0.25) is 0 Å². The molecule has 0 spiro atoms. The number of nitrogens with zero attached hydrogens (tertiary/aromatic N) is 5. The van der Waals surface area contributed by atoms with E-state index >= 15 is 0 Å². The smallest absolute Gasteiger partial charge is 0.149 e. The number of hydrogen-bond donors (Lipinski definition) is 1. The van der Waals surface area contributed by atoms with E-state index in [1.165, 1.54) is 5.56 Å². The molecule has 0 aliphatic carbocycles. The Labute approximate surface area is 210 Å². The molecule has 1 N–H and O–H groups in total. The van der Waals surface area contributed by atoms with E-state index in [1.54, 1.807) is 0 Å².